The van der Waals surface area contributed by atoms with E-state index >= 15 is 0 Å². The number of anilines is 1. The van der Waals surface area contributed by atoms with Gasteiger partial charge in [0.05, 0.1) is 0 Å². The largest absolute Gasteiger partial charge is 0.382 e. The van der Waals surface area contributed by atoms with Crippen LogP contribution in [0.15, 0.2) is 36.7 Å². The average molecular weight is 268 g/mol. The standard InChI is InChI=1S/C18H24N2/c1-2-14-5-3-7-16(10-9-14)20-18-8-4-6-15-11-12-19-13-17(15)18/h4,6,8,11-14,16,20H,2-3,5,7,9-10H2,1H3. The van der Waals surface area contributed by atoms with Crippen LogP contribution in [-0.2, 0) is 0 Å². The average Bonchev–Trinajstić information content (AvgIpc) is 2.73. The lowest BCUT2D eigenvalue weighted by Crippen LogP contribution is -2.18. The Morgan fingerprint density at radius 3 is 3.00 bits per heavy atom. The number of rotatable bonds is 3. The summed E-state index contributed by atoms with van der Waals surface area (Å²) in [6.45, 7) is 2.33. The van der Waals surface area contributed by atoms with Gasteiger partial charge in [0.25, 0.3) is 0 Å². The number of hydrogen-bond donors (Lipinski definition) is 1. The van der Waals surface area contributed by atoms with Gasteiger partial charge in [0.1, 0.15) is 0 Å². The molecule has 2 heteroatoms. The predicted molar refractivity (Wildman–Crippen MR) is 86.0 cm³/mol. The summed E-state index contributed by atoms with van der Waals surface area (Å²) >= 11 is 0. The number of aromatic nitrogens is 1. The fourth-order valence-electron chi connectivity index (χ4n) is 3.39. The Morgan fingerprint density at radius 1 is 1.15 bits per heavy atom. The van der Waals surface area contributed by atoms with Crippen molar-refractivity contribution in [2.45, 2.75) is 51.5 Å². The second-order valence-electron chi connectivity index (χ2n) is 6.03. The summed E-state index contributed by atoms with van der Waals surface area (Å²) in [4.78, 5) is 4.27. The van der Waals surface area contributed by atoms with Crippen molar-refractivity contribution in [2.75, 3.05) is 5.32 Å². The second-order valence-corrected chi connectivity index (χ2v) is 6.03. The molecule has 2 unspecified atom stereocenters. The zero-order chi connectivity index (χ0) is 13.8. The van der Waals surface area contributed by atoms with Crippen molar-refractivity contribution < 1.29 is 0 Å². The van der Waals surface area contributed by atoms with Crippen LogP contribution in [0.25, 0.3) is 10.8 Å². The van der Waals surface area contributed by atoms with Crippen LogP contribution >= 0.6 is 0 Å². The van der Waals surface area contributed by atoms with Crippen LogP contribution in [0.2, 0.25) is 0 Å². The summed E-state index contributed by atoms with van der Waals surface area (Å²) in [6, 6.07) is 9.18. The molecule has 1 fully saturated rings. The molecule has 1 aromatic carbocycles. The molecule has 20 heavy (non-hydrogen) atoms. The molecule has 106 valence electrons. The van der Waals surface area contributed by atoms with Crippen molar-refractivity contribution in [3.8, 4) is 0 Å². The first-order valence-corrected chi connectivity index (χ1v) is 7.96. The molecule has 1 aliphatic carbocycles. The van der Waals surface area contributed by atoms with Crippen molar-refractivity contribution in [3.05, 3.63) is 36.7 Å². The summed E-state index contributed by atoms with van der Waals surface area (Å²) < 4.78 is 0. The highest BCUT2D eigenvalue weighted by molar-refractivity contribution is 5.93. The highest BCUT2D eigenvalue weighted by atomic mass is 14.9. The van der Waals surface area contributed by atoms with Crippen LogP contribution in [0.1, 0.15) is 45.4 Å². The van der Waals surface area contributed by atoms with Gasteiger partial charge < -0.3 is 5.32 Å². The number of nitrogens with one attached hydrogen (secondary N) is 1. The predicted octanol–water partition coefficient (Wildman–Crippen LogP) is 5.01. The van der Waals surface area contributed by atoms with Crippen molar-refractivity contribution in [3.63, 3.8) is 0 Å². The maximum absolute atomic E-state index is 4.27. The topological polar surface area (TPSA) is 24.9 Å². The maximum Gasteiger partial charge on any atom is 0.0437 e. The van der Waals surface area contributed by atoms with E-state index in [2.05, 4.69) is 41.5 Å². The monoisotopic (exact) mass is 268 g/mol. The number of benzene rings is 1. The Hall–Kier alpha value is -1.57. The minimum atomic E-state index is 0.623. The second kappa shape index (κ2) is 6.25. The SMILES string of the molecule is CCC1CCCC(Nc2cccc3ccncc23)CC1. The Labute approximate surface area is 121 Å². The molecule has 2 atom stereocenters. The zero-order valence-corrected chi connectivity index (χ0v) is 12.3. The summed E-state index contributed by atoms with van der Waals surface area (Å²) in [7, 11) is 0. The lowest BCUT2D eigenvalue weighted by molar-refractivity contribution is 0.444. The number of hydrogen-bond acceptors (Lipinski definition) is 2. The van der Waals surface area contributed by atoms with E-state index in [0.717, 1.165) is 5.92 Å². The van der Waals surface area contributed by atoms with E-state index in [9.17, 15) is 0 Å². The normalized spacial score (nSPS) is 23.4. The van der Waals surface area contributed by atoms with E-state index in [0.29, 0.717) is 6.04 Å². The van der Waals surface area contributed by atoms with E-state index in [1.807, 2.05) is 12.4 Å². The molecule has 0 spiro atoms. The van der Waals surface area contributed by atoms with Crippen LogP contribution in [0.5, 0.6) is 0 Å². The molecule has 1 saturated carbocycles. The quantitative estimate of drug-likeness (QED) is 0.792. The molecule has 1 heterocycles. The number of nitrogens with zero attached hydrogens (tertiary/aromatic N) is 1. The Kier molecular flexibility index (Phi) is 4.19. The fraction of sp³-hybridized carbons (Fsp3) is 0.500. The Morgan fingerprint density at radius 2 is 2.10 bits per heavy atom. The van der Waals surface area contributed by atoms with Gasteiger partial charge in [-0.25, -0.2) is 0 Å². The van der Waals surface area contributed by atoms with E-state index in [1.165, 1.54) is 55.0 Å². The molecule has 2 aromatic rings. The molecule has 1 aromatic heterocycles. The molecule has 0 bridgehead atoms. The Bertz CT molecular complexity index is 559. The molecule has 0 aliphatic heterocycles. The minimum Gasteiger partial charge on any atom is -0.382 e. The molecule has 0 saturated heterocycles. The summed E-state index contributed by atoms with van der Waals surface area (Å²) in [6.07, 6.45) is 11.9. The van der Waals surface area contributed by atoms with Crippen LogP contribution in [0, 0.1) is 5.92 Å². The molecular formula is C18H24N2. The van der Waals surface area contributed by atoms with E-state index in [1.54, 1.807) is 0 Å². The number of pyridine rings is 1. The van der Waals surface area contributed by atoms with Gasteiger partial charge in [0, 0.05) is 29.5 Å². The van der Waals surface area contributed by atoms with Gasteiger partial charge in [-0.15, -0.1) is 0 Å². The first kappa shape index (κ1) is 13.4. The van der Waals surface area contributed by atoms with Crippen molar-refractivity contribution in [1.82, 2.24) is 4.98 Å². The van der Waals surface area contributed by atoms with E-state index in [4.69, 9.17) is 0 Å². The molecule has 0 amide bonds. The number of fused-ring (bicyclic) bond motifs is 1. The van der Waals surface area contributed by atoms with Gasteiger partial charge >= 0.3 is 0 Å². The Balaban J connectivity index is 1.76. The lowest BCUT2D eigenvalue weighted by atomic mass is 9.98. The van der Waals surface area contributed by atoms with Gasteiger partial charge in [-0.3, -0.25) is 4.98 Å². The third kappa shape index (κ3) is 2.95. The van der Waals surface area contributed by atoms with Gasteiger partial charge in [-0.1, -0.05) is 38.3 Å². The highest BCUT2D eigenvalue weighted by Gasteiger charge is 2.18. The lowest BCUT2D eigenvalue weighted by Gasteiger charge is -2.19. The zero-order valence-electron chi connectivity index (χ0n) is 12.3. The van der Waals surface area contributed by atoms with Gasteiger partial charge in [-0.2, -0.15) is 0 Å². The van der Waals surface area contributed by atoms with E-state index in [-0.39, 0.29) is 0 Å². The first-order valence-electron chi connectivity index (χ1n) is 7.96. The minimum absolute atomic E-state index is 0.623. The first-order chi connectivity index (χ1) is 9.86. The highest BCUT2D eigenvalue weighted by Crippen LogP contribution is 2.29. The van der Waals surface area contributed by atoms with Crippen molar-refractivity contribution in [1.29, 1.82) is 0 Å². The van der Waals surface area contributed by atoms with Crippen LogP contribution in [-0.4, -0.2) is 11.0 Å². The fourth-order valence-corrected chi connectivity index (χ4v) is 3.39. The molecule has 1 aliphatic rings. The molecule has 3 rings (SSSR count). The summed E-state index contributed by atoms with van der Waals surface area (Å²) in [5, 5.41) is 6.28. The van der Waals surface area contributed by atoms with Crippen molar-refractivity contribution >= 4 is 16.5 Å². The molecular weight excluding hydrogens is 244 g/mol. The summed E-state index contributed by atoms with van der Waals surface area (Å²) in [5.74, 6) is 0.941. The third-order valence-electron chi connectivity index (χ3n) is 4.71. The van der Waals surface area contributed by atoms with Crippen molar-refractivity contribution in [2.24, 2.45) is 5.92 Å². The van der Waals surface area contributed by atoms with E-state index < -0.39 is 0 Å². The maximum atomic E-state index is 4.27. The van der Waals surface area contributed by atoms with Crippen LogP contribution in [0.4, 0.5) is 5.69 Å². The molecule has 0 radical (unpaired) electrons. The third-order valence-corrected chi connectivity index (χ3v) is 4.71. The van der Waals surface area contributed by atoms with Gasteiger partial charge in [-0.05, 0) is 42.7 Å². The summed E-state index contributed by atoms with van der Waals surface area (Å²) in [5.41, 5.74) is 1.25. The van der Waals surface area contributed by atoms with Crippen LogP contribution < -0.4 is 5.32 Å². The molecule has 1 N–H and O–H groups in total. The van der Waals surface area contributed by atoms with Gasteiger partial charge in [0.15, 0.2) is 0 Å². The molecule has 2 nitrogen and oxygen atoms in total. The smallest absolute Gasteiger partial charge is 0.0437 e. The van der Waals surface area contributed by atoms with Gasteiger partial charge in [0.2, 0.25) is 0 Å². The van der Waals surface area contributed by atoms with Crippen LogP contribution in [0.3, 0.4) is 0 Å².